The Morgan fingerprint density at radius 2 is 1.89 bits per heavy atom. The average Bonchev–Trinajstić information content (AvgIpc) is 3.18. The summed E-state index contributed by atoms with van der Waals surface area (Å²) in [7, 11) is 0. The second-order valence-corrected chi connectivity index (χ2v) is 8.04. The van der Waals surface area contributed by atoms with E-state index in [4.69, 9.17) is 15.0 Å². The molecular weight excluding hydrogens is 376 g/mol. The molecule has 2 fully saturated rings. The lowest BCUT2D eigenvalue weighted by Crippen LogP contribution is -2.35. The van der Waals surface area contributed by atoms with Gasteiger partial charge in [0.05, 0.1) is 13.2 Å². The molecule has 0 atom stereocenters. The summed E-state index contributed by atoms with van der Waals surface area (Å²) in [6.45, 7) is 5.22. The van der Waals surface area contributed by atoms with Crippen LogP contribution in [0.3, 0.4) is 0 Å². The molecule has 0 unspecified atom stereocenters. The molecule has 1 aromatic carbocycles. The van der Waals surface area contributed by atoms with Gasteiger partial charge in [0, 0.05) is 31.6 Å². The van der Waals surface area contributed by atoms with Gasteiger partial charge >= 0.3 is 0 Å². The molecule has 1 saturated carbocycles. The predicted molar refractivity (Wildman–Crippen MR) is 111 cm³/mol. The normalized spacial score (nSPS) is 19.9. The van der Waals surface area contributed by atoms with Crippen LogP contribution in [0.4, 0.5) is 0 Å². The summed E-state index contributed by atoms with van der Waals surface area (Å²) in [6.07, 6.45) is 6.94. The lowest BCUT2D eigenvalue weighted by molar-refractivity contribution is 0.0342. The van der Waals surface area contributed by atoms with Crippen molar-refractivity contribution in [3.8, 4) is 11.4 Å². The van der Waals surface area contributed by atoms with E-state index in [9.17, 15) is 0 Å². The predicted octanol–water partition coefficient (Wildman–Crippen LogP) is 3.44. The quantitative estimate of drug-likeness (QED) is 0.791. The molecule has 0 amide bonds. The van der Waals surface area contributed by atoms with Gasteiger partial charge in [0.2, 0.25) is 11.7 Å². The zero-order chi connectivity index (χ0) is 18.5. The van der Waals surface area contributed by atoms with Crippen molar-refractivity contribution in [1.29, 1.82) is 0 Å². The molecule has 2 aliphatic rings. The van der Waals surface area contributed by atoms with E-state index in [-0.39, 0.29) is 17.8 Å². The Kier molecular flexibility index (Phi) is 7.46. The summed E-state index contributed by atoms with van der Waals surface area (Å²) in [6, 6.07) is 8.45. The van der Waals surface area contributed by atoms with Gasteiger partial charge in [-0.2, -0.15) is 4.98 Å². The van der Waals surface area contributed by atoms with Crippen molar-refractivity contribution in [2.24, 2.45) is 11.1 Å². The van der Waals surface area contributed by atoms with E-state index in [2.05, 4.69) is 39.3 Å². The molecule has 1 aromatic heterocycles. The number of hydrogen-bond donors (Lipinski definition) is 1. The number of benzene rings is 1. The minimum Gasteiger partial charge on any atom is -0.379 e. The number of morpholine rings is 1. The number of rotatable bonds is 6. The highest BCUT2D eigenvalue weighted by molar-refractivity contribution is 5.85. The van der Waals surface area contributed by atoms with Crippen LogP contribution in [0.15, 0.2) is 28.8 Å². The fraction of sp³-hybridized carbons (Fsp3) is 0.619. The molecule has 4 rings (SSSR count). The molecule has 7 heteroatoms. The maximum Gasteiger partial charge on any atom is 0.227 e. The third kappa shape index (κ3) is 5.11. The summed E-state index contributed by atoms with van der Waals surface area (Å²) in [4.78, 5) is 7.10. The Hall–Kier alpha value is -1.47. The van der Waals surface area contributed by atoms with Gasteiger partial charge in [-0.3, -0.25) is 4.90 Å². The van der Waals surface area contributed by atoms with Crippen LogP contribution in [0.2, 0.25) is 0 Å². The summed E-state index contributed by atoms with van der Waals surface area (Å²) >= 11 is 0. The minimum atomic E-state index is 0. The van der Waals surface area contributed by atoms with Gasteiger partial charge in [-0.1, -0.05) is 42.6 Å². The third-order valence-corrected chi connectivity index (χ3v) is 6.04. The van der Waals surface area contributed by atoms with Crippen LogP contribution in [0, 0.1) is 5.41 Å². The van der Waals surface area contributed by atoms with Gasteiger partial charge in [-0.05, 0) is 36.4 Å². The van der Waals surface area contributed by atoms with Gasteiger partial charge < -0.3 is 15.0 Å². The number of ether oxygens (including phenoxy) is 1. The molecule has 6 nitrogen and oxygen atoms in total. The minimum absolute atomic E-state index is 0. The largest absolute Gasteiger partial charge is 0.379 e. The van der Waals surface area contributed by atoms with Crippen LogP contribution >= 0.6 is 12.4 Å². The van der Waals surface area contributed by atoms with Crippen LogP contribution in [0.5, 0.6) is 0 Å². The first-order valence-electron chi connectivity index (χ1n) is 10.2. The highest BCUT2D eigenvalue weighted by atomic mass is 35.5. The maximum atomic E-state index is 6.11. The zero-order valence-corrected chi connectivity index (χ0v) is 17.3. The van der Waals surface area contributed by atoms with Gasteiger partial charge in [-0.25, -0.2) is 0 Å². The first-order valence-corrected chi connectivity index (χ1v) is 10.2. The lowest BCUT2D eigenvalue weighted by atomic mass is 9.72. The Labute approximate surface area is 173 Å². The molecule has 0 radical (unpaired) electrons. The molecule has 2 N–H and O–H groups in total. The summed E-state index contributed by atoms with van der Waals surface area (Å²) in [5.41, 5.74) is 8.53. The standard InChI is InChI=1S/C21H30N4O2.ClH/c22-16-21(7-2-1-3-8-21)14-19-23-20(24-27-19)18-6-4-5-17(13-18)15-25-9-11-26-12-10-25;/h4-6,13H,1-3,7-12,14-16,22H2;1H. The van der Waals surface area contributed by atoms with E-state index < -0.39 is 0 Å². The van der Waals surface area contributed by atoms with Crippen LogP contribution in [0.25, 0.3) is 11.4 Å². The lowest BCUT2D eigenvalue weighted by Gasteiger charge is -2.34. The first-order chi connectivity index (χ1) is 13.3. The Morgan fingerprint density at radius 3 is 2.64 bits per heavy atom. The molecule has 1 aliphatic heterocycles. The first kappa shape index (κ1) is 21.2. The van der Waals surface area contributed by atoms with Gasteiger partial charge in [0.15, 0.2) is 0 Å². The van der Waals surface area contributed by atoms with Crippen molar-refractivity contribution in [1.82, 2.24) is 15.0 Å². The average molecular weight is 407 g/mol. The molecule has 1 aliphatic carbocycles. The summed E-state index contributed by atoms with van der Waals surface area (Å²) in [5, 5.41) is 4.24. The molecule has 2 heterocycles. The number of nitrogens with zero attached hydrogens (tertiary/aromatic N) is 3. The Balaban J connectivity index is 0.00000225. The molecular formula is C21H31ClN4O2. The van der Waals surface area contributed by atoms with Crippen molar-refractivity contribution in [2.45, 2.75) is 45.1 Å². The second kappa shape index (κ2) is 9.83. The topological polar surface area (TPSA) is 77.4 Å². The van der Waals surface area contributed by atoms with E-state index in [1.54, 1.807) is 0 Å². The summed E-state index contributed by atoms with van der Waals surface area (Å²) < 4.78 is 11.0. The van der Waals surface area contributed by atoms with E-state index in [0.29, 0.717) is 12.4 Å². The highest BCUT2D eigenvalue weighted by Crippen LogP contribution is 2.38. The zero-order valence-electron chi connectivity index (χ0n) is 16.4. The van der Waals surface area contributed by atoms with Crippen molar-refractivity contribution >= 4 is 12.4 Å². The van der Waals surface area contributed by atoms with Crippen LogP contribution in [0.1, 0.15) is 43.6 Å². The second-order valence-electron chi connectivity index (χ2n) is 8.04. The number of hydrogen-bond acceptors (Lipinski definition) is 6. The van der Waals surface area contributed by atoms with Crippen molar-refractivity contribution < 1.29 is 9.26 Å². The van der Waals surface area contributed by atoms with Gasteiger partial charge in [-0.15, -0.1) is 12.4 Å². The molecule has 28 heavy (non-hydrogen) atoms. The van der Waals surface area contributed by atoms with Crippen molar-refractivity contribution in [3.63, 3.8) is 0 Å². The molecule has 0 bridgehead atoms. The number of nitrogens with two attached hydrogens (primary N) is 1. The van der Waals surface area contributed by atoms with Gasteiger partial charge in [0.25, 0.3) is 0 Å². The summed E-state index contributed by atoms with van der Waals surface area (Å²) in [5.74, 6) is 1.40. The van der Waals surface area contributed by atoms with E-state index in [1.807, 2.05) is 0 Å². The fourth-order valence-electron chi connectivity index (χ4n) is 4.35. The Bertz CT molecular complexity index is 740. The number of halogens is 1. The van der Waals surface area contributed by atoms with Crippen LogP contribution in [-0.2, 0) is 17.7 Å². The van der Waals surface area contributed by atoms with E-state index in [0.717, 1.165) is 63.6 Å². The van der Waals surface area contributed by atoms with Crippen molar-refractivity contribution in [3.05, 3.63) is 35.7 Å². The number of aromatic nitrogens is 2. The monoisotopic (exact) mass is 406 g/mol. The van der Waals surface area contributed by atoms with Crippen LogP contribution in [-0.4, -0.2) is 47.9 Å². The molecule has 0 spiro atoms. The van der Waals surface area contributed by atoms with Crippen LogP contribution < -0.4 is 5.73 Å². The highest BCUT2D eigenvalue weighted by Gasteiger charge is 2.33. The molecule has 154 valence electrons. The van der Waals surface area contributed by atoms with E-state index >= 15 is 0 Å². The Morgan fingerprint density at radius 1 is 1.11 bits per heavy atom. The van der Waals surface area contributed by atoms with E-state index in [1.165, 1.54) is 24.8 Å². The smallest absolute Gasteiger partial charge is 0.227 e. The molecule has 2 aromatic rings. The fourth-order valence-corrected chi connectivity index (χ4v) is 4.35. The SMILES string of the molecule is Cl.NCC1(Cc2nc(-c3cccc(CN4CCOCC4)c3)no2)CCCCC1. The molecule has 1 saturated heterocycles. The van der Waals surface area contributed by atoms with Gasteiger partial charge in [0.1, 0.15) is 0 Å². The maximum absolute atomic E-state index is 6.11. The third-order valence-electron chi connectivity index (χ3n) is 6.04. The van der Waals surface area contributed by atoms with Crippen molar-refractivity contribution in [2.75, 3.05) is 32.8 Å².